The summed E-state index contributed by atoms with van der Waals surface area (Å²) in [4.78, 5) is 14.9. The fraction of sp³-hybridized carbons (Fsp3) is 0.611. The van der Waals surface area contributed by atoms with Crippen LogP contribution in [-0.2, 0) is 12.8 Å². The highest BCUT2D eigenvalue weighted by atomic mass is 16.2. The van der Waals surface area contributed by atoms with E-state index in [1.165, 1.54) is 43.2 Å². The lowest BCUT2D eigenvalue weighted by molar-refractivity contribution is 0.0641. The number of fused-ring (bicyclic) bond motifs is 1. The van der Waals surface area contributed by atoms with Crippen LogP contribution in [0.4, 0.5) is 0 Å². The number of amides is 1. The molecular weight excluding hydrogens is 260 g/mol. The molecule has 0 saturated heterocycles. The Balaban J connectivity index is 1.79. The number of aryl methyl sites for hydroxylation is 2. The number of nitrogens with two attached hydrogens (primary N) is 1. The maximum atomic E-state index is 12.9. The Morgan fingerprint density at radius 1 is 1.10 bits per heavy atom. The molecule has 2 N–H and O–H groups in total. The van der Waals surface area contributed by atoms with E-state index >= 15 is 0 Å². The average molecular weight is 286 g/mol. The van der Waals surface area contributed by atoms with E-state index < -0.39 is 0 Å². The van der Waals surface area contributed by atoms with Crippen LogP contribution in [0.1, 0.15) is 60.0 Å². The second kappa shape index (κ2) is 6.61. The number of carbonyl (C=O) groups excluding carboxylic acids is 1. The van der Waals surface area contributed by atoms with Gasteiger partial charge in [0, 0.05) is 24.7 Å². The minimum atomic E-state index is 0.182. The predicted molar refractivity (Wildman–Crippen MR) is 85.4 cm³/mol. The molecule has 3 nitrogen and oxygen atoms in total. The molecule has 0 bridgehead atoms. The second-order valence-electron chi connectivity index (χ2n) is 6.42. The van der Waals surface area contributed by atoms with Gasteiger partial charge in [0.15, 0.2) is 0 Å². The normalized spacial score (nSPS) is 18.5. The summed E-state index contributed by atoms with van der Waals surface area (Å²) in [5.41, 5.74) is 9.40. The first-order valence-electron chi connectivity index (χ1n) is 8.42. The summed E-state index contributed by atoms with van der Waals surface area (Å²) >= 11 is 0. The zero-order chi connectivity index (χ0) is 14.7. The van der Waals surface area contributed by atoms with Gasteiger partial charge in [0.1, 0.15) is 0 Å². The molecule has 3 heteroatoms. The van der Waals surface area contributed by atoms with Gasteiger partial charge >= 0.3 is 0 Å². The van der Waals surface area contributed by atoms with Gasteiger partial charge in [-0.25, -0.2) is 0 Å². The van der Waals surface area contributed by atoms with Crippen LogP contribution in [0.15, 0.2) is 18.2 Å². The summed E-state index contributed by atoms with van der Waals surface area (Å²) in [5.74, 6) is 0.182. The molecule has 1 aromatic carbocycles. The number of nitrogens with zero attached hydrogens (tertiary/aromatic N) is 1. The number of hydrogen-bond acceptors (Lipinski definition) is 2. The van der Waals surface area contributed by atoms with Crippen molar-refractivity contribution >= 4 is 5.91 Å². The highest BCUT2D eigenvalue weighted by Crippen LogP contribution is 2.26. The Kier molecular flexibility index (Phi) is 4.59. The lowest BCUT2D eigenvalue weighted by atomic mass is 9.93. The third-order valence-electron chi connectivity index (χ3n) is 4.99. The molecule has 114 valence electrons. The SMILES string of the molecule is NCCN(C(=O)c1ccc2c(c1)CCC2)C1CCCCC1. The number of rotatable bonds is 4. The molecule has 1 saturated carbocycles. The molecule has 0 heterocycles. The van der Waals surface area contributed by atoms with E-state index in [1.807, 2.05) is 11.0 Å². The highest BCUT2D eigenvalue weighted by Gasteiger charge is 2.26. The minimum absolute atomic E-state index is 0.182. The summed E-state index contributed by atoms with van der Waals surface area (Å²) in [6.07, 6.45) is 9.57. The Labute approximate surface area is 127 Å². The van der Waals surface area contributed by atoms with Crippen LogP contribution >= 0.6 is 0 Å². The molecule has 0 atom stereocenters. The van der Waals surface area contributed by atoms with Crippen molar-refractivity contribution in [3.63, 3.8) is 0 Å². The average Bonchev–Trinajstić information content (AvgIpc) is 3.00. The maximum Gasteiger partial charge on any atom is 0.254 e. The summed E-state index contributed by atoms with van der Waals surface area (Å²) < 4.78 is 0. The molecule has 1 aromatic rings. The van der Waals surface area contributed by atoms with Crippen LogP contribution in [0.5, 0.6) is 0 Å². The lowest BCUT2D eigenvalue weighted by Gasteiger charge is -2.34. The van der Waals surface area contributed by atoms with E-state index in [0.717, 1.165) is 24.8 Å². The van der Waals surface area contributed by atoms with E-state index in [-0.39, 0.29) is 5.91 Å². The highest BCUT2D eigenvalue weighted by molar-refractivity contribution is 5.94. The van der Waals surface area contributed by atoms with Crippen LogP contribution in [0.2, 0.25) is 0 Å². The zero-order valence-electron chi connectivity index (χ0n) is 12.8. The molecule has 0 spiro atoms. The number of benzene rings is 1. The Morgan fingerprint density at radius 3 is 2.62 bits per heavy atom. The van der Waals surface area contributed by atoms with Crippen LogP contribution in [0.25, 0.3) is 0 Å². The van der Waals surface area contributed by atoms with Gasteiger partial charge < -0.3 is 10.6 Å². The third kappa shape index (κ3) is 3.13. The molecule has 1 fully saturated rings. The van der Waals surface area contributed by atoms with Crippen LogP contribution in [0, 0.1) is 0 Å². The predicted octanol–water partition coefficient (Wildman–Crippen LogP) is 2.91. The standard InChI is InChI=1S/C18H26N2O/c19-11-12-20(17-7-2-1-3-8-17)18(21)16-10-9-14-5-4-6-15(14)13-16/h9-10,13,17H,1-8,11-12,19H2. The molecule has 1 amide bonds. The summed E-state index contributed by atoms with van der Waals surface area (Å²) in [5, 5.41) is 0. The van der Waals surface area contributed by atoms with Crippen LogP contribution < -0.4 is 5.73 Å². The summed E-state index contributed by atoms with van der Waals surface area (Å²) in [7, 11) is 0. The van der Waals surface area contributed by atoms with Gasteiger partial charge in [-0.15, -0.1) is 0 Å². The molecular formula is C18H26N2O. The number of hydrogen-bond donors (Lipinski definition) is 1. The summed E-state index contributed by atoms with van der Waals surface area (Å²) in [6.45, 7) is 1.23. The summed E-state index contributed by atoms with van der Waals surface area (Å²) in [6, 6.07) is 6.68. The quantitative estimate of drug-likeness (QED) is 0.925. The Hall–Kier alpha value is -1.35. The van der Waals surface area contributed by atoms with E-state index in [1.54, 1.807) is 0 Å². The Morgan fingerprint density at radius 2 is 1.86 bits per heavy atom. The van der Waals surface area contributed by atoms with Crippen molar-refractivity contribution in [2.24, 2.45) is 5.73 Å². The molecule has 21 heavy (non-hydrogen) atoms. The minimum Gasteiger partial charge on any atom is -0.334 e. The molecule has 0 unspecified atom stereocenters. The van der Waals surface area contributed by atoms with Gasteiger partial charge in [-0.05, 0) is 55.4 Å². The van der Waals surface area contributed by atoms with E-state index in [4.69, 9.17) is 5.73 Å². The van der Waals surface area contributed by atoms with E-state index in [9.17, 15) is 4.79 Å². The number of carbonyl (C=O) groups is 1. The largest absolute Gasteiger partial charge is 0.334 e. The molecule has 2 aliphatic rings. The monoisotopic (exact) mass is 286 g/mol. The fourth-order valence-electron chi connectivity index (χ4n) is 3.85. The van der Waals surface area contributed by atoms with Gasteiger partial charge in [0.05, 0.1) is 0 Å². The first-order chi connectivity index (χ1) is 10.3. The molecule has 2 aliphatic carbocycles. The molecule has 3 rings (SSSR count). The van der Waals surface area contributed by atoms with Gasteiger partial charge in [0.25, 0.3) is 5.91 Å². The van der Waals surface area contributed by atoms with Crippen molar-refractivity contribution in [1.29, 1.82) is 0 Å². The molecule has 0 aromatic heterocycles. The van der Waals surface area contributed by atoms with Crippen molar-refractivity contribution in [1.82, 2.24) is 4.90 Å². The lowest BCUT2D eigenvalue weighted by Crippen LogP contribution is -2.44. The van der Waals surface area contributed by atoms with Gasteiger partial charge in [-0.1, -0.05) is 25.3 Å². The van der Waals surface area contributed by atoms with Gasteiger partial charge in [-0.2, -0.15) is 0 Å². The van der Waals surface area contributed by atoms with E-state index in [0.29, 0.717) is 19.1 Å². The van der Waals surface area contributed by atoms with Crippen LogP contribution in [0.3, 0.4) is 0 Å². The van der Waals surface area contributed by atoms with Crippen molar-refractivity contribution in [2.45, 2.75) is 57.4 Å². The van der Waals surface area contributed by atoms with Crippen molar-refractivity contribution < 1.29 is 4.79 Å². The van der Waals surface area contributed by atoms with Crippen molar-refractivity contribution in [3.8, 4) is 0 Å². The third-order valence-corrected chi connectivity index (χ3v) is 4.99. The van der Waals surface area contributed by atoms with Gasteiger partial charge in [-0.3, -0.25) is 4.79 Å². The zero-order valence-corrected chi connectivity index (χ0v) is 12.8. The Bertz CT molecular complexity index is 506. The van der Waals surface area contributed by atoms with Gasteiger partial charge in [0.2, 0.25) is 0 Å². The van der Waals surface area contributed by atoms with Crippen LogP contribution in [-0.4, -0.2) is 29.9 Å². The second-order valence-corrected chi connectivity index (χ2v) is 6.42. The first kappa shape index (κ1) is 14.6. The smallest absolute Gasteiger partial charge is 0.254 e. The molecule has 0 radical (unpaired) electrons. The first-order valence-corrected chi connectivity index (χ1v) is 8.42. The maximum absolute atomic E-state index is 12.9. The topological polar surface area (TPSA) is 46.3 Å². The van der Waals surface area contributed by atoms with Crippen molar-refractivity contribution in [3.05, 3.63) is 34.9 Å². The fourth-order valence-corrected chi connectivity index (χ4v) is 3.85. The van der Waals surface area contributed by atoms with E-state index in [2.05, 4.69) is 12.1 Å². The molecule has 0 aliphatic heterocycles. The van der Waals surface area contributed by atoms with Crippen molar-refractivity contribution in [2.75, 3.05) is 13.1 Å².